The van der Waals surface area contributed by atoms with Gasteiger partial charge in [-0.25, -0.2) is 0 Å². The number of ether oxygens (including phenoxy) is 1. The average molecular weight is 326 g/mol. The predicted octanol–water partition coefficient (Wildman–Crippen LogP) is 2.82. The molecule has 1 aliphatic carbocycles. The number of carbonyl (C=O) groups is 1. The van der Waals surface area contributed by atoms with Crippen molar-refractivity contribution in [2.45, 2.75) is 38.0 Å². The zero-order valence-electron chi connectivity index (χ0n) is 12.0. The third-order valence-electron chi connectivity index (χ3n) is 3.68. The molecule has 0 radical (unpaired) electrons. The first-order valence-corrected chi connectivity index (χ1v) is 7.11. The van der Waals surface area contributed by atoms with Gasteiger partial charge in [0.05, 0.1) is 17.4 Å². The van der Waals surface area contributed by atoms with Crippen LogP contribution in [0.2, 0.25) is 0 Å². The van der Waals surface area contributed by atoms with E-state index in [4.69, 9.17) is 4.74 Å². The van der Waals surface area contributed by atoms with Crippen molar-refractivity contribution in [2.75, 3.05) is 0 Å². The van der Waals surface area contributed by atoms with E-state index in [-0.39, 0.29) is 17.4 Å². The third-order valence-corrected chi connectivity index (χ3v) is 3.68. The van der Waals surface area contributed by atoms with E-state index in [9.17, 15) is 18.0 Å². The van der Waals surface area contributed by atoms with Crippen LogP contribution in [0, 0.1) is 0 Å². The fourth-order valence-electron chi connectivity index (χ4n) is 2.59. The van der Waals surface area contributed by atoms with E-state index in [2.05, 4.69) is 15.5 Å². The molecular formula is C14H13F3N4O2. The Morgan fingerprint density at radius 2 is 2.00 bits per heavy atom. The van der Waals surface area contributed by atoms with Gasteiger partial charge in [0.15, 0.2) is 6.29 Å². The number of alkyl halides is 3. The van der Waals surface area contributed by atoms with Crippen LogP contribution in [0.1, 0.15) is 41.9 Å². The Bertz CT molecular complexity index is 708. The second kappa shape index (κ2) is 5.98. The zero-order valence-corrected chi connectivity index (χ0v) is 12.0. The number of carbonyl (C=O) groups excluding carboxylic acids is 1. The Hall–Kier alpha value is -2.45. The quantitative estimate of drug-likeness (QED) is 0.808. The van der Waals surface area contributed by atoms with Gasteiger partial charge in [-0.05, 0) is 54.3 Å². The van der Waals surface area contributed by atoms with Gasteiger partial charge in [-0.3, -0.25) is 4.79 Å². The van der Waals surface area contributed by atoms with Gasteiger partial charge in [-0.15, -0.1) is 5.10 Å². The Kier molecular flexibility index (Phi) is 4.01. The van der Waals surface area contributed by atoms with Gasteiger partial charge in [0.1, 0.15) is 5.75 Å². The van der Waals surface area contributed by atoms with E-state index < -0.39 is 12.0 Å². The molecule has 0 bridgehead atoms. The molecule has 3 rings (SSSR count). The number of aldehydes is 1. The summed E-state index contributed by atoms with van der Waals surface area (Å²) in [6, 6.07) is 4.14. The van der Waals surface area contributed by atoms with Crippen LogP contribution in [0.25, 0.3) is 5.69 Å². The first-order chi connectivity index (χ1) is 11.0. The molecule has 0 atom stereocenters. The number of tetrazole rings is 1. The highest BCUT2D eigenvalue weighted by Gasteiger charge is 2.38. The van der Waals surface area contributed by atoms with Crippen molar-refractivity contribution in [3.05, 3.63) is 29.6 Å². The summed E-state index contributed by atoms with van der Waals surface area (Å²) >= 11 is 0. The number of aromatic nitrogens is 4. The van der Waals surface area contributed by atoms with E-state index in [1.807, 2.05) is 0 Å². The van der Waals surface area contributed by atoms with Crippen LogP contribution in [-0.4, -0.2) is 32.6 Å². The van der Waals surface area contributed by atoms with E-state index in [0.29, 0.717) is 16.7 Å². The third kappa shape index (κ3) is 3.17. The van der Waals surface area contributed by atoms with Crippen LogP contribution in [-0.2, 0) is 6.18 Å². The van der Waals surface area contributed by atoms with E-state index in [1.54, 1.807) is 0 Å². The number of rotatable bonds is 4. The molecule has 1 aromatic heterocycles. The van der Waals surface area contributed by atoms with Crippen molar-refractivity contribution >= 4 is 6.29 Å². The standard InChI is InChI=1S/C14H13F3N4O2/c15-14(16,17)13-18-19-20-21(13)10-5-6-12(9(7-10)8-22)23-11-3-1-2-4-11/h5-8,11H,1-4H2. The highest BCUT2D eigenvalue weighted by Crippen LogP contribution is 2.30. The minimum absolute atomic E-state index is 0.0401. The Morgan fingerprint density at radius 1 is 1.26 bits per heavy atom. The normalized spacial score (nSPS) is 15.8. The highest BCUT2D eigenvalue weighted by molar-refractivity contribution is 5.80. The van der Waals surface area contributed by atoms with Gasteiger partial charge >= 0.3 is 6.18 Å². The fourth-order valence-corrected chi connectivity index (χ4v) is 2.59. The molecule has 2 aromatic rings. The predicted molar refractivity (Wildman–Crippen MR) is 72.4 cm³/mol. The zero-order chi connectivity index (χ0) is 16.4. The van der Waals surface area contributed by atoms with E-state index in [1.165, 1.54) is 18.2 Å². The fraction of sp³-hybridized carbons (Fsp3) is 0.429. The lowest BCUT2D eigenvalue weighted by Crippen LogP contribution is -2.15. The maximum absolute atomic E-state index is 12.8. The average Bonchev–Trinajstić information content (AvgIpc) is 3.18. The van der Waals surface area contributed by atoms with Crippen LogP contribution in [0.4, 0.5) is 13.2 Å². The van der Waals surface area contributed by atoms with Crippen LogP contribution >= 0.6 is 0 Å². The van der Waals surface area contributed by atoms with Crippen molar-refractivity contribution in [1.82, 2.24) is 20.2 Å². The molecule has 1 fully saturated rings. The molecule has 0 aliphatic heterocycles. The summed E-state index contributed by atoms with van der Waals surface area (Å²) in [4.78, 5) is 11.2. The van der Waals surface area contributed by atoms with E-state index >= 15 is 0 Å². The first kappa shape index (κ1) is 15.4. The van der Waals surface area contributed by atoms with Crippen LogP contribution < -0.4 is 4.74 Å². The molecule has 9 heteroatoms. The van der Waals surface area contributed by atoms with Gasteiger partial charge in [0.25, 0.3) is 5.82 Å². The lowest BCUT2D eigenvalue weighted by Gasteiger charge is -2.15. The monoisotopic (exact) mass is 326 g/mol. The lowest BCUT2D eigenvalue weighted by atomic mass is 10.2. The number of hydrogen-bond acceptors (Lipinski definition) is 5. The van der Waals surface area contributed by atoms with Gasteiger partial charge in [0, 0.05) is 0 Å². The van der Waals surface area contributed by atoms with Crippen LogP contribution in [0.15, 0.2) is 18.2 Å². The second-order valence-corrected chi connectivity index (χ2v) is 5.28. The highest BCUT2D eigenvalue weighted by atomic mass is 19.4. The SMILES string of the molecule is O=Cc1cc(-n2nnnc2C(F)(F)F)ccc1OC1CCCC1. The van der Waals surface area contributed by atoms with Crippen LogP contribution in [0.5, 0.6) is 5.75 Å². The molecule has 1 aliphatic rings. The summed E-state index contributed by atoms with van der Waals surface area (Å²) in [5, 5.41) is 9.37. The van der Waals surface area contributed by atoms with Gasteiger partial charge in [0.2, 0.25) is 0 Å². The van der Waals surface area contributed by atoms with Crippen molar-refractivity contribution in [2.24, 2.45) is 0 Å². The van der Waals surface area contributed by atoms with Crippen molar-refractivity contribution in [3.63, 3.8) is 0 Å². The molecule has 6 nitrogen and oxygen atoms in total. The number of benzene rings is 1. The van der Waals surface area contributed by atoms with Gasteiger partial charge in [-0.2, -0.15) is 17.9 Å². The van der Waals surface area contributed by atoms with E-state index in [0.717, 1.165) is 25.7 Å². The summed E-state index contributed by atoms with van der Waals surface area (Å²) in [6.45, 7) is 0. The maximum Gasteiger partial charge on any atom is 0.453 e. The van der Waals surface area contributed by atoms with Crippen molar-refractivity contribution < 1.29 is 22.7 Å². The van der Waals surface area contributed by atoms with Gasteiger partial charge in [-0.1, -0.05) is 0 Å². The Balaban J connectivity index is 1.93. The largest absolute Gasteiger partial charge is 0.490 e. The molecule has 0 amide bonds. The van der Waals surface area contributed by atoms with Crippen molar-refractivity contribution in [1.29, 1.82) is 0 Å². The smallest absolute Gasteiger partial charge is 0.453 e. The topological polar surface area (TPSA) is 69.9 Å². The number of hydrogen-bond donors (Lipinski definition) is 0. The molecule has 122 valence electrons. The summed E-state index contributed by atoms with van der Waals surface area (Å²) in [7, 11) is 0. The van der Waals surface area contributed by atoms with Crippen molar-refractivity contribution in [3.8, 4) is 11.4 Å². The lowest BCUT2D eigenvalue weighted by molar-refractivity contribution is -0.146. The number of halogens is 3. The molecule has 0 spiro atoms. The summed E-state index contributed by atoms with van der Waals surface area (Å²) in [6.07, 6.45) is -0.151. The molecule has 0 unspecified atom stereocenters. The number of nitrogens with zero attached hydrogens (tertiary/aromatic N) is 4. The molecular weight excluding hydrogens is 313 g/mol. The summed E-state index contributed by atoms with van der Waals surface area (Å²) < 4.78 is 44.8. The molecule has 0 saturated heterocycles. The minimum atomic E-state index is -4.69. The summed E-state index contributed by atoms with van der Waals surface area (Å²) in [5.74, 6) is -0.893. The molecule has 1 heterocycles. The van der Waals surface area contributed by atoms with Gasteiger partial charge < -0.3 is 4.74 Å². The molecule has 23 heavy (non-hydrogen) atoms. The maximum atomic E-state index is 12.8. The van der Waals surface area contributed by atoms with Crippen LogP contribution in [0.3, 0.4) is 0 Å². The molecule has 1 saturated carbocycles. The molecule has 1 aromatic carbocycles. The second-order valence-electron chi connectivity index (χ2n) is 5.28. The Labute approximate surface area is 129 Å². The Morgan fingerprint density at radius 3 is 2.65 bits per heavy atom. The first-order valence-electron chi connectivity index (χ1n) is 7.11. The summed E-state index contributed by atoms with van der Waals surface area (Å²) in [5.41, 5.74) is 0.209. The molecule has 0 N–H and O–H groups in total. The minimum Gasteiger partial charge on any atom is -0.490 e.